The molecule has 11 rings (SSSR count). The van der Waals surface area contributed by atoms with Crippen molar-refractivity contribution in [1.29, 1.82) is 0 Å². The Morgan fingerprint density at radius 1 is 0.306 bits per heavy atom. The summed E-state index contributed by atoms with van der Waals surface area (Å²) in [7, 11) is 0. The highest BCUT2D eigenvalue weighted by atomic mass is 79.9. The molecule has 0 aliphatic heterocycles. The molecule has 0 spiro atoms. The summed E-state index contributed by atoms with van der Waals surface area (Å²) in [5.41, 5.74) is 15.8. The third-order valence-corrected chi connectivity index (χ3v) is 12.8. The number of anilines is 6. The first-order valence-electron chi connectivity index (χ1n) is 21.1. The summed E-state index contributed by atoms with van der Waals surface area (Å²) in [6.07, 6.45) is 0. The van der Waals surface area contributed by atoms with Crippen LogP contribution in [-0.4, -0.2) is 0 Å². The van der Waals surface area contributed by atoms with Gasteiger partial charge in [-0.15, -0.1) is 0 Å². The van der Waals surface area contributed by atoms with Crippen molar-refractivity contribution in [2.75, 3.05) is 9.80 Å². The fourth-order valence-corrected chi connectivity index (χ4v) is 10.2. The highest BCUT2D eigenvalue weighted by molar-refractivity contribution is 9.10. The van der Waals surface area contributed by atoms with Crippen LogP contribution in [-0.2, 0) is 5.41 Å². The third-order valence-electron chi connectivity index (χ3n) is 12.3. The summed E-state index contributed by atoms with van der Waals surface area (Å²) in [4.78, 5) is 4.74. The van der Waals surface area contributed by atoms with E-state index in [1.807, 2.05) is 0 Å². The Labute approximate surface area is 371 Å². The van der Waals surface area contributed by atoms with Gasteiger partial charge in [-0.3, -0.25) is 0 Å². The lowest BCUT2D eigenvalue weighted by molar-refractivity contribution is 0.768. The van der Waals surface area contributed by atoms with Crippen LogP contribution in [0.5, 0.6) is 0 Å². The summed E-state index contributed by atoms with van der Waals surface area (Å²) in [6, 6.07) is 90.3. The molecule has 0 radical (unpaired) electrons. The highest BCUT2D eigenvalue weighted by Crippen LogP contribution is 2.57. The molecule has 0 amide bonds. The lowest BCUT2D eigenvalue weighted by Gasteiger charge is -2.35. The summed E-state index contributed by atoms with van der Waals surface area (Å²) >= 11 is 4.00. The Bertz CT molecular complexity index is 3140. The number of hydrogen-bond donors (Lipinski definition) is 0. The van der Waals surface area contributed by atoms with Gasteiger partial charge < -0.3 is 9.80 Å². The second kappa shape index (κ2) is 15.9. The van der Waals surface area contributed by atoms with Crippen LogP contribution < -0.4 is 9.80 Å². The predicted octanol–water partition coefficient (Wildman–Crippen LogP) is 16.6. The number of halogens is 1. The van der Waals surface area contributed by atoms with Crippen molar-refractivity contribution in [1.82, 2.24) is 0 Å². The summed E-state index contributed by atoms with van der Waals surface area (Å²) < 4.78 is 0.982. The number of fused-ring (bicyclic) bond motifs is 4. The van der Waals surface area contributed by atoms with Crippen LogP contribution in [0.15, 0.2) is 253 Å². The average Bonchev–Trinajstić information content (AvgIpc) is 3.63. The van der Waals surface area contributed by atoms with E-state index in [2.05, 4.69) is 274 Å². The van der Waals surface area contributed by atoms with Gasteiger partial charge in [-0.1, -0.05) is 198 Å². The van der Waals surface area contributed by atoms with Crippen molar-refractivity contribution >= 4 is 60.8 Å². The van der Waals surface area contributed by atoms with Crippen LogP contribution in [0.1, 0.15) is 22.3 Å². The van der Waals surface area contributed by atoms with E-state index in [-0.39, 0.29) is 0 Å². The van der Waals surface area contributed by atoms with Gasteiger partial charge >= 0.3 is 0 Å². The fraction of sp³-hybridized carbons (Fsp3) is 0.0169. The summed E-state index contributed by atoms with van der Waals surface area (Å²) in [5, 5.41) is 2.49. The zero-order valence-corrected chi connectivity index (χ0v) is 35.5. The van der Waals surface area contributed by atoms with Crippen molar-refractivity contribution in [3.8, 4) is 22.3 Å². The molecule has 0 aromatic heterocycles. The largest absolute Gasteiger partial charge is 0.310 e. The maximum absolute atomic E-state index is 4.00. The number of para-hydroxylation sites is 2. The number of hydrogen-bond acceptors (Lipinski definition) is 2. The van der Waals surface area contributed by atoms with Gasteiger partial charge in [0.1, 0.15) is 0 Å². The lowest BCUT2D eigenvalue weighted by atomic mass is 9.67. The van der Waals surface area contributed by atoms with Crippen LogP contribution in [0.4, 0.5) is 34.1 Å². The van der Waals surface area contributed by atoms with Gasteiger partial charge in [0, 0.05) is 38.6 Å². The first kappa shape index (κ1) is 37.5. The molecule has 0 saturated carbocycles. The number of nitrogens with zero attached hydrogens (tertiary/aromatic N) is 2. The van der Waals surface area contributed by atoms with Crippen LogP contribution in [0.2, 0.25) is 0 Å². The number of benzene rings is 10. The first-order valence-corrected chi connectivity index (χ1v) is 21.9. The molecule has 0 heterocycles. The van der Waals surface area contributed by atoms with Gasteiger partial charge in [-0.2, -0.15) is 0 Å². The molecule has 10 aromatic rings. The van der Waals surface area contributed by atoms with Crippen LogP contribution >= 0.6 is 15.9 Å². The monoisotopic (exact) mass is 856 g/mol. The molecule has 1 aliphatic rings. The highest BCUT2D eigenvalue weighted by Gasteiger charge is 2.46. The topological polar surface area (TPSA) is 6.48 Å². The third kappa shape index (κ3) is 6.41. The zero-order chi connectivity index (χ0) is 41.5. The first-order chi connectivity index (χ1) is 30.7. The van der Waals surface area contributed by atoms with Crippen molar-refractivity contribution in [3.63, 3.8) is 0 Å². The van der Waals surface area contributed by atoms with Crippen LogP contribution in [0.3, 0.4) is 0 Å². The van der Waals surface area contributed by atoms with Crippen LogP contribution in [0.25, 0.3) is 33.0 Å². The Morgan fingerprint density at radius 3 is 1.42 bits per heavy atom. The second-order valence-corrected chi connectivity index (χ2v) is 16.8. The Hall–Kier alpha value is -7.46. The lowest BCUT2D eigenvalue weighted by Crippen LogP contribution is -2.28. The smallest absolute Gasteiger partial charge is 0.0714 e. The van der Waals surface area contributed by atoms with Crippen LogP contribution in [0, 0.1) is 0 Å². The predicted molar refractivity (Wildman–Crippen MR) is 264 cm³/mol. The van der Waals surface area contributed by atoms with E-state index in [0.717, 1.165) is 38.6 Å². The zero-order valence-electron chi connectivity index (χ0n) is 33.9. The molecule has 3 heteroatoms. The molecular formula is C59H41BrN2. The van der Waals surface area contributed by atoms with E-state index in [1.54, 1.807) is 0 Å². The molecule has 0 N–H and O–H groups in total. The minimum Gasteiger partial charge on any atom is -0.310 e. The molecule has 0 bridgehead atoms. The Balaban J connectivity index is 1.08. The van der Waals surface area contributed by atoms with Gasteiger partial charge in [-0.05, 0) is 122 Å². The number of rotatable bonds is 9. The Morgan fingerprint density at radius 2 is 0.774 bits per heavy atom. The van der Waals surface area contributed by atoms with Crippen molar-refractivity contribution in [2.24, 2.45) is 0 Å². The quantitative estimate of drug-likeness (QED) is 0.143. The van der Waals surface area contributed by atoms with Gasteiger partial charge in [-0.25, -0.2) is 0 Å². The minimum absolute atomic E-state index is 0.516. The molecule has 0 fully saturated rings. The van der Waals surface area contributed by atoms with Gasteiger partial charge in [0.2, 0.25) is 0 Å². The molecule has 1 aliphatic carbocycles. The molecule has 2 nitrogen and oxygen atoms in total. The molecular weight excluding hydrogens is 817 g/mol. The molecule has 62 heavy (non-hydrogen) atoms. The van der Waals surface area contributed by atoms with Crippen molar-refractivity contribution in [3.05, 3.63) is 275 Å². The fourth-order valence-electron chi connectivity index (χ4n) is 9.70. The van der Waals surface area contributed by atoms with E-state index in [0.29, 0.717) is 0 Å². The van der Waals surface area contributed by atoms with E-state index in [1.165, 1.54) is 55.3 Å². The summed E-state index contributed by atoms with van der Waals surface area (Å²) in [5.74, 6) is 0. The van der Waals surface area contributed by atoms with Gasteiger partial charge in [0.15, 0.2) is 0 Å². The minimum atomic E-state index is -0.516. The van der Waals surface area contributed by atoms with E-state index in [4.69, 9.17) is 0 Å². The van der Waals surface area contributed by atoms with Gasteiger partial charge in [0.25, 0.3) is 0 Å². The Kier molecular flexibility index (Phi) is 9.60. The maximum Gasteiger partial charge on any atom is 0.0714 e. The van der Waals surface area contributed by atoms with Crippen molar-refractivity contribution in [2.45, 2.75) is 5.41 Å². The van der Waals surface area contributed by atoms with E-state index < -0.39 is 5.41 Å². The molecule has 0 saturated heterocycles. The molecule has 0 unspecified atom stereocenters. The van der Waals surface area contributed by atoms with Gasteiger partial charge in [0.05, 0.1) is 5.41 Å². The van der Waals surface area contributed by atoms with E-state index >= 15 is 0 Å². The van der Waals surface area contributed by atoms with E-state index in [9.17, 15) is 0 Å². The molecule has 10 aromatic carbocycles. The standard InChI is InChI=1S/C59H41BrN2/c60-46-38-51(61(47-24-9-3-10-25-47)49-34-32-43(33-35-49)54-30-17-19-42-18-13-14-28-53(42)54)40-52(39-46)62(48-26-11-4-12-27-48)50-36-37-56-55-29-15-16-31-57(55)59(58(56)41-50,44-20-5-1-6-21-44)45-22-7-2-8-23-45/h1-41H. The normalized spacial score (nSPS) is 12.4. The molecule has 294 valence electrons. The SMILES string of the molecule is Brc1cc(N(c2ccccc2)c2ccc(-c3cccc4ccccc34)cc2)cc(N(c2ccccc2)c2ccc3c(c2)C(c2ccccc2)(c2ccccc2)c2ccccc2-3)c1. The summed E-state index contributed by atoms with van der Waals surface area (Å²) in [6.45, 7) is 0. The maximum atomic E-state index is 4.00. The van der Waals surface area contributed by atoms with Crippen molar-refractivity contribution < 1.29 is 0 Å². The second-order valence-electron chi connectivity index (χ2n) is 15.8. The molecule has 0 atom stereocenters. The average molecular weight is 858 g/mol.